The highest BCUT2D eigenvalue weighted by Crippen LogP contribution is 2.36. The van der Waals surface area contributed by atoms with Crippen LogP contribution in [0.2, 0.25) is 0 Å². The first-order valence-electron chi connectivity index (χ1n) is 7.53. The Morgan fingerprint density at radius 3 is 2.22 bits per heavy atom. The van der Waals surface area contributed by atoms with E-state index in [1.54, 1.807) is 19.1 Å². The van der Waals surface area contributed by atoms with Gasteiger partial charge in [-0.1, -0.05) is 48.5 Å². The lowest BCUT2D eigenvalue weighted by atomic mass is 9.93. The predicted octanol–water partition coefficient (Wildman–Crippen LogP) is 4.67. The Labute approximate surface area is 137 Å². The molecule has 2 rings (SSSR count). The average Bonchev–Trinajstić information content (AvgIpc) is 2.53. The van der Waals surface area contributed by atoms with E-state index in [4.69, 9.17) is 9.05 Å². The maximum atomic E-state index is 13.0. The standard InChI is InChI=1S/C18H21O4P/c1-4-21-23(20)22-18(15-11-6-5-7-12-15)17(19)16-13(2)9-8-10-14(16)3/h5-12,18,23H,4H2,1-3H3. The van der Waals surface area contributed by atoms with Crippen LogP contribution in [0.3, 0.4) is 0 Å². The van der Waals surface area contributed by atoms with E-state index in [0.717, 1.165) is 11.1 Å². The summed E-state index contributed by atoms with van der Waals surface area (Å²) in [7, 11) is -2.73. The van der Waals surface area contributed by atoms with E-state index in [2.05, 4.69) is 0 Å². The Bertz CT molecular complexity index is 677. The number of carbonyl (C=O) groups is 1. The highest BCUT2D eigenvalue weighted by atomic mass is 31.1. The van der Waals surface area contributed by atoms with Crippen LogP contribution in [-0.2, 0) is 13.6 Å². The van der Waals surface area contributed by atoms with Crippen LogP contribution in [0.5, 0.6) is 0 Å². The normalized spacial score (nSPS) is 13.5. The zero-order valence-electron chi connectivity index (χ0n) is 13.5. The number of rotatable bonds is 7. The van der Waals surface area contributed by atoms with Gasteiger partial charge in [0.25, 0.3) is 0 Å². The molecule has 122 valence electrons. The van der Waals surface area contributed by atoms with Crippen LogP contribution in [0.1, 0.15) is 40.1 Å². The fourth-order valence-corrected chi connectivity index (χ4v) is 3.22. The van der Waals surface area contributed by atoms with Crippen molar-refractivity contribution in [2.24, 2.45) is 0 Å². The molecule has 0 aromatic heterocycles. The number of hydrogen-bond acceptors (Lipinski definition) is 4. The Hall–Kier alpha value is -1.74. The van der Waals surface area contributed by atoms with Crippen LogP contribution in [0.15, 0.2) is 48.5 Å². The molecule has 2 unspecified atom stereocenters. The summed E-state index contributed by atoms with van der Waals surface area (Å²) in [5.74, 6) is -0.204. The third kappa shape index (κ3) is 4.38. The lowest BCUT2D eigenvalue weighted by molar-refractivity contribution is 0.0767. The molecule has 2 aromatic rings. The van der Waals surface area contributed by atoms with Crippen molar-refractivity contribution < 1.29 is 18.4 Å². The van der Waals surface area contributed by atoms with Crippen molar-refractivity contribution in [3.63, 3.8) is 0 Å². The van der Waals surface area contributed by atoms with Crippen molar-refractivity contribution in [2.45, 2.75) is 26.9 Å². The van der Waals surface area contributed by atoms with Crippen LogP contribution >= 0.6 is 8.25 Å². The summed E-state index contributed by atoms with van der Waals surface area (Å²) in [4.78, 5) is 13.0. The summed E-state index contributed by atoms with van der Waals surface area (Å²) in [6.07, 6.45) is -0.936. The first-order chi connectivity index (χ1) is 11.0. The molecule has 0 saturated carbocycles. The second-order valence-electron chi connectivity index (χ2n) is 5.22. The van der Waals surface area contributed by atoms with E-state index in [9.17, 15) is 9.36 Å². The van der Waals surface area contributed by atoms with Gasteiger partial charge in [-0.2, -0.15) is 0 Å². The molecular formula is C18H21O4P. The maximum Gasteiger partial charge on any atom is 0.320 e. The average molecular weight is 332 g/mol. The van der Waals surface area contributed by atoms with Crippen LogP contribution in [-0.4, -0.2) is 12.4 Å². The van der Waals surface area contributed by atoms with Crippen LogP contribution < -0.4 is 0 Å². The molecule has 2 atom stereocenters. The number of ketones is 1. The molecule has 0 aliphatic heterocycles. The molecule has 0 radical (unpaired) electrons. The molecule has 23 heavy (non-hydrogen) atoms. The van der Waals surface area contributed by atoms with E-state index in [1.165, 1.54) is 0 Å². The minimum Gasteiger partial charge on any atom is -0.311 e. The number of Topliss-reactive ketones (excluding diaryl/α,β-unsaturated/α-hetero) is 1. The molecule has 0 fully saturated rings. The molecule has 0 spiro atoms. The molecule has 0 saturated heterocycles. The van der Waals surface area contributed by atoms with Crippen LogP contribution in [0.25, 0.3) is 0 Å². The molecule has 0 N–H and O–H groups in total. The van der Waals surface area contributed by atoms with Gasteiger partial charge in [0.05, 0.1) is 6.61 Å². The van der Waals surface area contributed by atoms with Gasteiger partial charge in [0.2, 0.25) is 0 Å². The first-order valence-corrected chi connectivity index (χ1v) is 8.75. The van der Waals surface area contributed by atoms with E-state index in [1.807, 2.05) is 50.2 Å². The third-order valence-electron chi connectivity index (χ3n) is 3.54. The van der Waals surface area contributed by atoms with Gasteiger partial charge >= 0.3 is 8.25 Å². The van der Waals surface area contributed by atoms with Crippen molar-refractivity contribution in [1.82, 2.24) is 0 Å². The largest absolute Gasteiger partial charge is 0.320 e. The van der Waals surface area contributed by atoms with E-state index in [0.29, 0.717) is 11.1 Å². The van der Waals surface area contributed by atoms with E-state index < -0.39 is 14.4 Å². The zero-order chi connectivity index (χ0) is 16.8. The van der Waals surface area contributed by atoms with Crippen molar-refractivity contribution >= 4 is 14.0 Å². The lowest BCUT2D eigenvalue weighted by Gasteiger charge is -2.19. The fourth-order valence-electron chi connectivity index (χ4n) is 2.48. The fraction of sp³-hybridized carbons (Fsp3) is 0.278. The minimum absolute atomic E-state index is 0.204. The molecular weight excluding hydrogens is 311 g/mol. The summed E-state index contributed by atoms with van der Waals surface area (Å²) >= 11 is 0. The lowest BCUT2D eigenvalue weighted by Crippen LogP contribution is -2.16. The van der Waals surface area contributed by atoms with Gasteiger partial charge in [0.1, 0.15) is 0 Å². The number of benzene rings is 2. The highest BCUT2D eigenvalue weighted by Gasteiger charge is 2.27. The molecule has 0 aliphatic carbocycles. The number of carbonyl (C=O) groups excluding carboxylic acids is 1. The number of hydrogen-bond donors (Lipinski definition) is 0. The summed E-state index contributed by atoms with van der Waals surface area (Å²) in [6, 6.07) is 14.7. The predicted molar refractivity (Wildman–Crippen MR) is 91.1 cm³/mol. The van der Waals surface area contributed by atoms with E-state index in [-0.39, 0.29) is 12.4 Å². The quantitative estimate of drug-likeness (QED) is 0.546. The Balaban J connectivity index is 2.41. The first kappa shape index (κ1) is 17.6. The zero-order valence-corrected chi connectivity index (χ0v) is 14.5. The van der Waals surface area contributed by atoms with Gasteiger partial charge in [-0.25, -0.2) is 0 Å². The van der Waals surface area contributed by atoms with Crippen molar-refractivity contribution in [2.75, 3.05) is 6.61 Å². The summed E-state index contributed by atoms with van der Waals surface area (Å²) in [5.41, 5.74) is 3.01. The molecule has 4 nitrogen and oxygen atoms in total. The number of aryl methyl sites for hydroxylation is 2. The summed E-state index contributed by atoms with van der Waals surface area (Å²) in [5, 5.41) is 0. The molecule has 0 amide bonds. The summed E-state index contributed by atoms with van der Waals surface area (Å²) < 4.78 is 22.4. The SMILES string of the molecule is CCO[PH](=O)OC(C(=O)c1c(C)cccc1C)c1ccccc1. The van der Waals surface area contributed by atoms with E-state index >= 15 is 0 Å². The Morgan fingerprint density at radius 2 is 1.65 bits per heavy atom. The summed E-state index contributed by atoms with van der Waals surface area (Å²) in [6.45, 7) is 5.77. The molecule has 0 bridgehead atoms. The maximum absolute atomic E-state index is 13.0. The van der Waals surface area contributed by atoms with Gasteiger partial charge in [-0.3, -0.25) is 13.9 Å². The van der Waals surface area contributed by atoms with Gasteiger partial charge in [-0.05, 0) is 37.5 Å². The molecule has 0 aliphatic rings. The minimum atomic E-state index is -2.73. The van der Waals surface area contributed by atoms with Gasteiger partial charge < -0.3 is 4.52 Å². The molecule has 0 heterocycles. The molecule has 5 heteroatoms. The Kier molecular flexibility index (Phi) is 6.28. The van der Waals surface area contributed by atoms with Crippen molar-refractivity contribution in [3.05, 3.63) is 70.8 Å². The smallest absolute Gasteiger partial charge is 0.311 e. The van der Waals surface area contributed by atoms with Crippen LogP contribution in [0, 0.1) is 13.8 Å². The second kappa shape index (κ2) is 8.21. The van der Waals surface area contributed by atoms with Gasteiger partial charge in [0, 0.05) is 5.56 Å². The van der Waals surface area contributed by atoms with Crippen LogP contribution in [0.4, 0.5) is 0 Å². The Morgan fingerprint density at radius 1 is 1.04 bits per heavy atom. The van der Waals surface area contributed by atoms with Gasteiger partial charge in [0.15, 0.2) is 11.9 Å². The van der Waals surface area contributed by atoms with Gasteiger partial charge in [-0.15, -0.1) is 0 Å². The topological polar surface area (TPSA) is 52.6 Å². The third-order valence-corrected chi connectivity index (χ3v) is 4.50. The monoisotopic (exact) mass is 332 g/mol. The van der Waals surface area contributed by atoms with Crippen molar-refractivity contribution in [3.8, 4) is 0 Å². The van der Waals surface area contributed by atoms with Crippen molar-refractivity contribution in [1.29, 1.82) is 0 Å². The second-order valence-corrected chi connectivity index (χ2v) is 6.25. The highest BCUT2D eigenvalue weighted by molar-refractivity contribution is 7.33. The molecule has 2 aromatic carbocycles.